The number of aromatic amines is 1. The minimum absolute atomic E-state index is 0.0136. The molecule has 0 bridgehead atoms. The van der Waals surface area contributed by atoms with E-state index in [1.54, 1.807) is 12.1 Å². The first-order valence-corrected chi connectivity index (χ1v) is 7.31. The first-order chi connectivity index (χ1) is 9.67. The number of carbonyl (C=O) groups excluding carboxylic acids is 1. The van der Waals surface area contributed by atoms with E-state index in [9.17, 15) is 9.59 Å². The van der Waals surface area contributed by atoms with E-state index in [2.05, 4.69) is 10.3 Å². The summed E-state index contributed by atoms with van der Waals surface area (Å²) in [5, 5.41) is 2.96. The van der Waals surface area contributed by atoms with E-state index in [0.29, 0.717) is 12.3 Å². The molecule has 2 fully saturated rings. The van der Waals surface area contributed by atoms with Crippen LogP contribution >= 0.6 is 0 Å². The van der Waals surface area contributed by atoms with Gasteiger partial charge in [-0.15, -0.1) is 0 Å². The second-order valence-electron chi connectivity index (χ2n) is 5.86. The summed E-state index contributed by atoms with van der Waals surface area (Å²) in [7, 11) is 0. The van der Waals surface area contributed by atoms with Crippen LogP contribution in [-0.4, -0.2) is 29.1 Å². The maximum absolute atomic E-state index is 12.1. The molecule has 2 aliphatic rings. The summed E-state index contributed by atoms with van der Waals surface area (Å²) < 4.78 is 5.97. The summed E-state index contributed by atoms with van der Waals surface area (Å²) >= 11 is 0. The molecule has 1 saturated carbocycles. The maximum atomic E-state index is 12.1. The highest BCUT2D eigenvalue weighted by Crippen LogP contribution is 2.39. The number of rotatable bonds is 2. The van der Waals surface area contributed by atoms with Gasteiger partial charge >= 0.3 is 0 Å². The van der Waals surface area contributed by atoms with Crippen molar-refractivity contribution in [2.24, 2.45) is 0 Å². The predicted molar refractivity (Wildman–Crippen MR) is 74.7 cm³/mol. The number of ether oxygens (including phenoxy) is 1. The lowest BCUT2D eigenvalue weighted by molar-refractivity contribution is -0.0246. The highest BCUT2D eigenvalue weighted by Gasteiger charge is 2.41. The highest BCUT2D eigenvalue weighted by molar-refractivity contribution is 5.92. The Bertz CT molecular complexity index is 546. The predicted octanol–water partition coefficient (Wildman–Crippen LogP) is 1.60. The van der Waals surface area contributed by atoms with E-state index in [-0.39, 0.29) is 23.1 Å². The van der Waals surface area contributed by atoms with Crippen molar-refractivity contribution in [3.05, 3.63) is 34.2 Å². The van der Waals surface area contributed by atoms with Gasteiger partial charge in [-0.2, -0.15) is 0 Å². The lowest BCUT2D eigenvalue weighted by atomic mass is 9.82. The molecule has 1 unspecified atom stereocenters. The van der Waals surface area contributed by atoms with Crippen LogP contribution in [0.3, 0.4) is 0 Å². The number of amides is 1. The Labute approximate surface area is 117 Å². The van der Waals surface area contributed by atoms with Gasteiger partial charge in [0.05, 0.1) is 18.2 Å². The van der Waals surface area contributed by atoms with E-state index < -0.39 is 0 Å². The van der Waals surface area contributed by atoms with E-state index in [1.807, 2.05) is 0 Å². The van der Waals surface area contributed by atoms with Crippen molar-refractivity contribution >= 4 is 5.91 Å². The summed E-state index contributed by atoms with van der Waals surface area (Å²) in [6, 6.07) is 4.64. The summed E-state index contributed by atoms with van der Waals surface area (Å²) in [5.41, 5.74) is 0.0338. The normalized spacial score (nSPS) is 24.7. The van der Waals surface area contributed by atoms with Gasteiger partial charge in [0.25, 0.3) is 5.91 Å². The number of H-pyrrole nitrogens is 1. The third-order valence-corrected chi connectivity index (χ3v) is 4.32. The fraction of sp³-hybridized carbons (Fsp3) is 0.600. The van der Waals surface area contributed by atoms with Gasteiger partial charge in [0.15, 0.2) is 0 Å². The molecule has 2 heterocycles. The maximum Gasteiger partial charge on any atom is 0.268 e. The molecule has 0 aromatic carbocycles. The fourth-order valence-corrected chi connectivity index (χ4v) is 3.32. The van der Waals surface area contributed by atoms with Crippen LogP contribution < -0.4 is 10.9 Å². The van der Waals surface area contributed by atoms with Gasteiger partial charge in [-0.25, -0.2) is 0 Å². The standard InChI is InChI=1S/C15H20N2O3/c18-13-6-4-5-12(17-13)14(19)16-11-9-15(20-10-11)7-2-1-3-8-15/h4-6,11H,1-3,7-10H2,(H,16,19)(H,17,18). The second-order valence-corrected chi connectivity index (χ2v) is 5.86. The minimum atomic E-state index is -0.260. The third-order valence-electron chi connectivity index (χ3n) is 4.32. The van der Waals surface area contributed by atoms with Crippen LogP contribution in [0.25, 0.3) is 0 Å². The van der Waals surface area contributed by atoms with Gasteiger partial charge in [-0.1, -0.05) is 25.3 Å². The molecule has 1 aromatic heterocycles. The molecule has 5 nitrogen and oxygen atoms in total. The molecular formula is C15H20N2O3. The molecule has 108 valence electrons. The minimum Gasteiger partial charge on any atom is -0.373 e. The Morgan fingerprint density at radius 1 is 1.30 bits per heavy atom. The summed E-state index contributed by atoms with van der Waals surface area (Å²) in [6.45, 7) is 0.572. The Morgan fingerprint density at radius 3 is 2.85 bits per heavy atom. The van der Waals surface area contributed by atoms with E-state index in [4.69, 9.17) is 4.74 Å². The first kappa shape index (κ1) is 13.4. The van der Waals surface area contributed by atoms with Crippen LogP contribution in [0.15, 0.2) is 23.0 Å². The summed E-state index contributed by atoms with van der Waals surface area (Å²) in [5.74, 6) is -0.232. The van der Waals surface area contributed by atoms with Crippen molar-refractivity contribution in [2.45, 2.75) is 50.2 Å². The van der Waals surface area contributed by atoms with Crippen molar-refractivity contribution in [1.29, 1.82) is 0 Å². The zero-order valence-electron chi connectivity index (χ0n) is 11.5. The van der Waals surface area contributed by atoms with Crippen LogP contribution in [0.1, 0.15) is 49.0 Å². The molecule has 1 atom stereocenters. The third kappa shape index (κ3) is 2.77. The van der Waals surface area contributed by atoms with Gasteiger partial charge in [0.2, 0.25) is 5.56 Å². The number of nitrogens with one attached hydrogen (secondary N) is 2. The van der Waals surface area contributed by atoms with Crippen molar-refractivity contribution in [2.75, 3.05) is 6.61 Å². The van der Waals surface area contributed by atoms with E-state index >= 15 is 0 Å². The molecule has 1 aliphatic carbocycles. The topological polar surface area (TPSA) is 71.2 Å². The lowest BCUT2D eigenvalue weighted by Crippen LogP contribution is -2.38. The molecule has 1 amide bonds. The van der Waals surface area contributed by atoms with Crippen LogP contribution in [0.2, 0.25) is 0 Å². The SMILES string of the molecule is O=C(NC1COC2(CCCCC2)C1)c1cccc(=O)[nH]1. The number of hydrogen-bond donors (Lipinski definition) is 2. The molecule has 1 aromatic rings. The van der Waals surface area contributed by atoms with Crippen molar-refractivity contribution < 1.29 is 9.53 Å². The monoisotopic (exact) mass is 276 g/mol. The fourth-order valence-electron chi connectivity index (χ4n) is 3.32. The van der Waals surface area contributed by atoms with E-state index in [1.165, 1.54) is 25.3 Å². The molecule has 3 rings (SSSR count). The molecule has 1 spiro atoms. The number of carbonyl (C=O) groups is 1. The van der Waals surface area contributed by atoms with Crippen LogP contribution in [-0.2, 0) is 4.74 Å². The number of aromatic nitrogens is 1. The van der Waals surface area contributed by atoms with Gasteiger partial charge in [-0.05, 0) is 25.3 Å². The molecule has 1 aliphatic heterocycles. The molecule has 0 radical (unpaired) electrons. The van der Waals surface area contributed by atoms with Gasteiger partial charge < -0.3 is 15.0 Å². The van der Waals surface area contributed by atoms with Gasteiger partial charge in [0.1, 0.15) is 5.69 Å². The average Bonchev–Trinajstić information content (AvgIpc) is 2.82. The Kier molecular flexibility index (Phi) is 3.61. The quantitative estimate of drug-likeness (QED) is 0.862. The molecular weight excluding hydrogens is 256 g/mol. The summed E-state index contributed by atoms with van der Waals surface area (Å²) in [4.78, 5) is 25.8. The largest absolute Gasteiger partial charge is 0.373 e. The van der Waals surface area contributed by atoms with Crippen LogP contribution in [0.4, 0.5) is 0 Å². The zero-order valence-corrected chi connectivity index (χ0v) is 11.5. The first-order valence-electron chi connectivity index (χ1n) is 7.31. The molecule has 5 heteroatoms. The molecule has 2 N–H and O–H groups in total. The Balaban J connectivity index is 1.61. The molecule has 20 heavy (non-hydrogen) atoms. The zero-order chi connectivity index (χ0) is 14.0. The summed E-state index contributed by atoms with van der Waals surface area (Å²) in [6.07, 6.45) is 6.80. The average molecular weight is 276 g/mol. The van der Waals surface area contributed by atoms with Crippen molar-refractivity contribution in [1.82, 2.24) is 10.3 Å². The van der Waals surface area contributed by atoms with Crippen molar-refractivity contribution in [3.63, 3.8) is 0 Å². The second kappa shape index (κ2) is 5.40. The van der Waals surface area contributed by atoms with Crippen molar-refractivity contribution in [3.8, 4) is 0 Å². The van der Waals surface area contributed by atoms with Gasteiger partial charge in [0, 0.05) is 6.07 Å². The number of hydrogen-bond acceptors (Lipinski definition) is 3. The van der Waals surface area contributed by atoms with Gasteiger partial charge in [-0.3, -0.25) is 9.59 Å². The van der Waals surface area contributed by atoms with E-state index in [0.717, 1.165) is 19.3 Å². The van der Waals surface area contributed by atoms with Crippen LogP contribution in [0, 0.1) is 0 Å². The Hall–Kier alpha value is -1.62. The number of pyridine rings is 1. The Morgan fingerprint density at radius 2 is 2.10 bits per heavy atom. The highest BCUT2D eigenvalue weighted by atomic mass is 16.5. The smallest absolute Gasteiger partial charge is 0.268 e. The molecule has 1 saturated heterocycles. The lowest BCUT2D eigenvalue weighted by Gasteiger charge is -2.32. The van der Waals surface area contributed by atoms with Crippen LogP contribution in [0.5, 0.6) is 0 Å².